The van der Waals surface area contributed by atoms with Crippen LogP contribution >= 0.6 is 11.3 Å². The Kier molecular flexibility index (Phi) is 4.01. The zero-order valence-corrected chi connectivity index (χ0v) is 14.3. The van der Waals surface area contributed by atoms with Crippen molar-refractivity contribution < 1.29 is 13.9 Å². The number of anilines is 2. The van der Waals surface area contributed by atoms with Gasteiger partial charge in [-0.25, -0.2) is 9.37 Å². The highest BCUT2D eigenvalue weighted by molar-refractivity contribution is 7.22. The van der Waals surface area contributed by atoms with Crippen LogP contribution in [0.2, 0.25) is 0 Å². The van der Waals surface area contributed by atoms with Crippen molar-refractivity contribution in [1.29, 1.82) is 0 Å². The van der Waals surface area contributed by atoms with Crippen LogP contribution in [0.15, 0.2) is 42.5 Å². The molecule has 2 aromatic carbocycles. The van der Waals surface area contributed by atoms with E-state index in [0.717, 1.165) is 21.1 Å². The van der Waals surface area contributed by atoms with E-state index in [2.05, 4.69) is 15.2 Å². The third-order valence-electron chi connectivity index (χ3n) is 4.21. The molecule has 1 aromatic heterocycles. The number of halogens is 1. The number of carbonyl (C=O) groups excluding carboxylic acids is 1. The Balaban J connectivity index is 1.42. The van der Waals surface area contributed by atoms with Gasteiger partial charge in [0.25, 0.3) is 0 Å². The lowest BCUT2D eigenvalue weighted by Crippen LogP contribution is -2.52. The van der Waals surface area contributed by atoms with Gasteiger partial charge in [-0.15, -0.1) is 0 Å². The fourth-order valence-corrected chi connectivity index (χ4v) is 3.82. The van der Waals surface area contributed by atoms with Crippen LogP contribution in [0.25, 0.3) is 10.2 Å². The fraction of sp³-hybridized carbons (Fsp3) is 0.222. The minimum absolute atomic E-state index is 0.0967. The van der Waals surface area contributed by atoms with E-state index >= 15 is 0 Å². The number of fused-ring (bicyclic) bond motifs is 1. The first-order chi connectivity index (χ1) is 12.1. The number of benzene rings is 2. The number of aromatic nitrogens is 1. The maximum Gasteiger partial charge on any atom is 0.231 e. The van der Waals surface area contributed by atoms with Gasteiger partial charge in [-0.1, -0.05) is 23.5 Å². The molecule has 0 spiro atoms. The minimum atomic E-state index is -0.364. The predicted molar refractivity (Wildman–Crippen MR) is 96.9 cm³/mol. The molecule has 0 unspecified atom stereocenters. The van der Waals surface area contributed by atoms with Gasteiger partial charge in [-0.05, 0) is 30.3 Å². The Labute approximate surface area is 148 Å². The van der Waals surface area contributed by atoms with Gasteiger partial charge in [0.15, 0.2) is 5.13 Å². The van der Waals surface area contributed by atoms with Gasteiger partial charge in [0.1, 0.15) is 17.1 Å². The number of ether oxygens (including phenoxy) is 1. The number of methoxy groups -OCH3 is 1. The van der Waals surface area contributed by atoms with E-state index in [1.807, 2.05) is 18.2 Å². The summed E-state index contributed by atoms with van der Waals surface area (Å²) in [5, 5.41) is 3.64. The van der Waals surface area contributed by atoms with Crippen molar-refractivity contribution in [3.63, 3.8) is 0 Å². The van der Waals surface area contributed by atoms with E-state index in [4.69, 9.17) is 4.74 Å². The first-order valence-electron chi connectivity index (χ1n) is 7.89. The summed E-state index contributed by atoms with van der Waals surface area (Å²) in [6, 6.07) is 11.7. The second kappa shape index (κ2) is 6.33. The zero-order valence-electron chi connectivity index (χ0n) is 13.5. The van der Waals surface area contributed by atoms with Crippen molar-refractivity contribution in [3.05, 3.63) is 48.3 Å². The molecule has 7 heteroatoms. The van der Waals surface area contributed by atoms with Crippen LogP contribution in [0.4, 0.5) is 15.2 Å². The molecular formula is C18H16FN3O2S. The molecular weight excluding hydrogens is 341 g/mol. The van der Waals surface area contributed by atoms with E-state index in [0.29, 0.717) is 18.8 Å². The summed E-state index contributed by atoms with van der Waals surface area (Å²) in [7, 11) is 1.63. The van der Waals surface area contributed by atoms with Crippen molar-refractivity contribution in [1.82, 2.24) is 4.98 Å². The lowest BCUT2D eigenvalue weighted by Gasteiger charge is -2.37. The van der Waals surface area contributed by atoms with E-state index in [-0.39, 0.29) is 17.6 Å². The first-order valence-corrected chi connectivity index (χ1v) is 8.70. The molecule has 2 heterocycles. The molecule has 5 nitrogen and oxygen atoms in total. The number of nitrogens with one attached hydrogen (secondary N) is 1. The van der Waals surface area contributed by atoms with Crippen LogP contribution < -0.4 is 15.0 Å². The number of rotatable bonds is 4. The Morgan fingerprint density at radius 3 is 2.88 bits per heavy atom. The van der Waals surface area contributed by atoms with Crippen LogP contribution in [0, 0.1) is 11.7 Å². The van der Waals surface area contributed by atoms with Crippen molar-refractivity contribution in [2.45, 2.75) is 0 Å². The monoisotopic (exact) mass is 357 g/mol. The second-order valence-corrected chi connectivity index (χ2v) is 6.91. The highest BCUT2D eigenvalue weighted by atomic mass is 32.1. The normalized spacial score (nSPS) is 14.4. The largest absolute Gasteiger partial charge is 0.494 e. The van der Waals surface area contributed by atoms with Crippen LogP contribution in [-0.4, -0.2) is 31.1 Å². The van der Waals surface area contributed by atoms with Crippen molar-refractivity contribution >= 4 is 38.3 Å². The average Bonchev–Trinajstić information content (AvgIpc) is 2.96. The molecule has 3 aromatic rings. The Morgan fingerprint density at radius 1 is 1.32 bits per heavy atom. The maximum atomic E-state index is 13.2. The number of hydrogen-bond acceptors (Lipinski definition) is 5. The molecule has 1 aliphatic rings. The van der Waals surface area contributed by atoms with E-state index in [1.165, 1.54) is 12.1 Å². The summed E-state index contributed by atoms with van der Waals surface area (Å²) in [5.74, 6) is 0.162. The summed E-state index contributed by atoms with van der Waals surface area (Å²) >= 11 is 1.58. The van der Waals surface area contributed by atoms with Gasteiger partial charge in [-0.2, -0.15) is 0 Å². The van der Waals surface area contributed by atoms with Crippen molar-refractivity contribution in [2.75, 3.05) is 30.4 Å². The van der Waals surface area contributed by atoms with Gasteiger partial charge in [-0.3, -0.25) is 4.79 Å². The van der Waals surface area contributed by atoms with Crippen LogP contribution in [0.5, 0.6) is 5.75 Å². The highest BCUT2D eigenvalue weighted by Crippen LogP contribution is 2.36. The molecule has 1 amide bonds. The van der Waals surface area contributed by atoms with E-state index in [9.17, 15) is 9.18 Å². The molecule has 4 rings (SSSR count). The molecule has 128 valence electrons. The topological polar surface area (TPSA) is 54.5 Å². The fourth-order valence-electron chi connectivity index (χ4n) is 2.82. The number of carbonyl (C=O) groups is 1. The van der Waals surface area contributed by atoms with Gasteiger partial charge in [0, 0.05) is 18.8 Å². The van der Waals surface area contributed by atoms with Gasteiger partial charge in [0.05, 0.1) is 17.7 Å². The van der Waals surface area contributed by atoms with Gasteiger partial charge >= 0.3 is 0 Å². The van der Waals surface area contributed by atoms with Crippen LogP contribution in [0.3, 0.4) is 0 Å². The number of para-hydroxylation sites is 1. The van der Waals surface area contributed by atoms with Crippen molar-refractivity contribution in [2.24, 2.45) is 5.92 Å². The van der Waals surface area contributed by atoms with Gasteiger partial charge in [0.2, 0.25) is 5.91 Å². The zero-order chi connectivity index (χ0) is 17.4. The summed E-state index contributed by atoms with van der Waals surface area (Å²) < 4.78 is 19.6. The summed E-state index contributed by atoms with van der Waals surface area (Å²) in [5.41, 5.74) is 1.32. The number of nitrogens with zero attached hydrogens (tertiary/aromatic N) is 2. The lowest BCUT2D eigenvalue weighted by molar-refractivity contribution is -0.120. The molecule has 0 aliphatic carbocycles. The minimum Gasteiger partial charge on any atom is -0.494 e. The smallest absolute Gasteiger partial charge is 0.231 e. The standard InChI is InChI=1S/C18H16FN3O2S/c1-24-14-6-3-7-15-16(14)21-18(25-15)22-9-11(10-22)17(23)20-13-5-2-4-12(19)8-13/h2-8,11H,9-10H2,1H3,(H,20,23). The van der Waals surface area contributed by atoms with E-state index in [1.54, 1.807) is 30.6 Å². The summed E-state index contributed by atoms with van der Waals surface area (Å²) in [4.78, 5) is 19.0. The van der Waals surface area contributed by atoms with Gasteiger partial charge < -0.3 is 15.0 Å². The lowest BCUT2D eigenvalue weighted by atomic mass is 10.00. The van der Waals surface area contributed by atoms with Crippen LogP contribution in [0.1, 0.15) is 0 Å². The molecule has 1 N–H and O–H groups in total. The highest BCUT2D eigenvalue weighted by Gasteiger charge is 2.34. The Morgan fingerprint density at radius 2 is 2.12 bits per heavy atom. The van der Waals surface area contributed by atoms with Crippen molar-refractivity contribution in [3.8, 4) is 5.75 Å². The quantitative estimate of drug-likeness (QED) is 0.776. The third-order valence-corrected chi connectivity index (χ3v) is 5.29. The Hall–Kier alpha value is -2.67. The predicted octanol–water partition coefficient (Wildman–Crippen LogP) is 3.52. The molecule has 1 fully saturated rings. The molecule has 25 heavy (non-hydrogen) atoms. The molecule has 1 aliphatic heterocycles. The number of thiazole rings is 1. The molecule has 1 saturated heterocycles. The molecule has 0 atom stereocenters. The first kappa shape index (κ1) is 15.8. The molecule has 0 saturated carbocycles. The number of hydrogen-bond donors (Lipinski definition) is 1. The van der Waals surface area contributed by atoms with E-state index < -0.39 is 0 Å². The second-order valence-electron chi connectivity index (χ2n) is 5.90. The maximum absolute atomic E-state index is 13.2. The molecule has 0 bridgehead atoms. The third kappa shape index (κ3) is 3.02. The average molecular weight is 357 g/mol. The Bertz CT molecular complexity index is 937. The summed E-state index contributed by atoms with van der Waals surface area (Å²) in [6.07, 6.45) is 0. The van der Waals surface area contributed by atoms with Crippen LogP contribution in [-0.2, 0) is 4.79 Å². The molecule has 0 radical (unpaired) electrons. The SMILES string of the molecule is COc1cccc2sc(N3CC(C(=O)Nc4cccc(F)c4)C3)nc12. The summed E-state index contributed by atoms with van der Waals surface area (Å²) in [6.45, 7) is 1.20. The number of amides is 1.